The fourth-order valence-electron chi connectivity index (χ4n) is 2.48. The van der Waals surface area contributed by atoms with E-state index in [1.165, 1.54) is 27.8 Å². The molecule has 0 aliphatic heterocycles. The molecule has 0 amide bonds. The van der Waals surface area contributed by atoms with Crippen molar-refractivity contribution in [2.45, 2.75) is 51.9 Å². The highest BCUT2D eigenvalue weighted by atomic mass is 14.3. The van der Waals surface area contributed by atoms with E-state index in [2.05, 4.69) is 71.2 Å². The summed E-state index contributed by atoms with van der Waals surface area (Å²) in [6, 6.07) is 8.97. The molecule has 0 heteroatoms. The molecule has 20 heavy (non-hydrogen) atoms. The van der Waals surface area contributed by atoms with E-state index in [4.69, 9.17) is 0 Å². The number of hydrogen-bond acceptors (Lipinski definition) is 0. The number of rotatable bonds is 4. The molecule has 106 valence electrons. The third kappa shape index (κ3) is 2.80. The second-order valence-electron chi connectivity index (χ2n) is 6.70. The zero-order chi connectivity index (χ0) is 14.9. The van der Waals surface area contributed by atoms with Crippen LogP contribution in [-0.2, 0) is 5.41 Å². The summed E-state index contributed by atoms with van der Waals surface area (Å²) in [5, 5.41) is 0. The van der Waals surface area contributed by atoms with E-state index >= 15 is 0 Å². The predicted molar refractivity (Wildman–Crippen MR) is 89.2 cm³/mol. The maximum atomic E-state index is 4.30. The van der Waals surface area contributed by atoms with Crippen LogP contribution in [0.5, 0.6) is 0 Å². The van der Waals surface area contributed by atoms with Crippen molar-refractivity contribution < 1.29 is 0 Å². The number of benzene rings is 1. The van der Waals surface area contributed by atoms with Crippen LogP contribution in [0.15, 0.2) is 60.2 Å². The lowest BCUT2D eigenvalue weighted by molar-refractivity contribution is 0.637. The van der Waals surface area contributed by atoms with Gasteiger partial charge in [-0.25, -0.2) is 0 Å². The summed E-state index contributed by atoms with van der Waals surface area (Å²) >= 11 is 0. The third-order valence-electron chi connectivity index (χ3n) is 4.60. The minimum Gasteiger partial charge on any atom is -0.0955 e. The Balaban J connectivity index is 2.22. The third-order valence-corrected chi connectivity index (χ3v) is 4.60. The lowest BCUT2D eigenvalue weighted by Crippen LogP contribution is -2.19. The van der Waals surface area contributed by atoms with Crippen LogP contribution in [0.1, 0.15) is 57.6 Å². The summed E-state index contributed by atoms with van der Waals surface area (Å²) < 4.78 is 0. The largest absolute Gasteiger partial charge is 0.0955 e. The summed E-state index contributed by atoms with van der Waals surface area (Å²) in [4.78, 5) is 0. The van der Waals surface area contributed by atoms with Crippen molar-refractivity contribution >= 4 is 0 Å². The quantitative estimate of drug-likeness (QED) is 0.634. The van der Waals surface area contributed by atoms with Gasteiger partial charge < -0.3 is 0 Å². The minimum atomic E-state index is -0.0294. The lowest BCUT2D eigenvalue weighted by atomic mass is 9.75. The second-order valence-corrected chi connectivity index (χ2v) is 6.70. The van der Waals surface area contributed by atoms with E-state index in [9.17, 15) is 0 Å². The Labute approximate surface area is 123 Å². The van der Waals surface area contributed by atoms with Crippen molar-refractivity contribution in [3.8, 4) is 0 Å². The lowest BCUT2D eigenvalue weighted by Gasteiger charge is -2.29. The molecule has 0 unspecified atom stereocenters. The van der Waals surface area contributed by atoms with E-state index < -0.39 is 0 Å². The fraction of sp³-hybridized carbons (Fsp3) is 0.400. The average Bonchev–Trinajstić information content (AvgIpc) is 2.42. The van der Waals surface area contributed by atoms with E-state index in [1.54, 1.807) is 0 Å². The molecule has 0 radical (unpaired) electrons. The van der Waals surface area contributed by atoms with Gasteiger partial charge in [-0.15, -0.1) is 0 Å². The highest BCUT2D eigenvalue weighted by Crippen LogP contribution is 2.37. The van der Waals surface area contributed by atoms with Crippen LogP contribution in [0, 0.1) is 0 Å². The molecule has 0 heterocycles. The van der Waals surface area contributed by atoms with Crippen LogP contribution in [0.4, 0.5) is 0 Å². The zero-order valence-corrected chi connectivity index (χ0v) is 13.3. The van der Waals surface area contributed by atoms with E-state index in [1.807, 2.05) is 0 Å². The van der Waals surface area contributed by atoms with Crippen LogP contribution in [0.2, 0.25) is 0 Å². The summed E-state index contributed by atoms with van der Waals surface area (Å²) in [7, 11) is 0. The normalized spacial score (nSPS) is 17.4. The van der Waals surface area contributed by atoms with Crippen molar-refractivity contribution in [1.29, 1.82) is 0 Å². The first-order chi connectivity index (χ1) is 9.32. The Kier molecular flexibility index (Phi) is 4.04. The van der Waals surface area contributed by atoms with Crippen molar-refractivity contribution in [3.63, 3.8) is 0 Å². The molecule has 0 saturated heterocycles. The Hall–Kier alpha value is -1.56. The zero-order valence-electron chi connectivity index (χ0n) is 13.3. The van der Waals surface area contributed by atoms with Gasteiger partial charge in [-0.1, -0.05) is 76.8 Å². The molecular formula is C20H26. The molecule has 0 spiro atoms. The van der Waals surface area contributed by atoms with Gasteiger partial charge in [-0.2, -0.15) is 0 Å². The highest BCUT2D eigenvalue weighted by Gasteiger charge is 2.24. The summed E-state index contributed by atoms with van der Waals surface area (Å²) in [5.41, 5.74) is 6.51. The average molecular weight is 266 g/mol. The van der Waals surface area contributed by atoms with Crippen LogP contribution in [0.25, 0.3) is 0 Å². The first-order valence-corrected chi connectivity index (χ1v) is 7.51. The van der Waals surface area contributed by atoms with E-state index in [0.29, 0.717) is 5.92 Å². The molecule has 0 nitrogen and oxygen atoms in total. The molecule has 0 atom stereocenters. The smallest absolute Gasteiger partial charge is 0.0140 e. The van der Waals surface area contributed by atoms with Gasteiger partial charge >= 0.3 is 0 Å². The predicted octanol–water partition coefficient (Wildman–Crippen LogP) is 5.92. The maximum absolute atomic E-state index is 4.30. The molecule has 1 saturated carbocycles. The Morgan fingerprint density at radius 3 is 2.15 bits per heavy atom. The monoisotopic (exact) mass is 266 g/mol. The molecule has 1 aliphatic carbocycles. The van der Waals surface area contributed by atoms with Crippen molar-refractivity contribution in [2.75, 3.05) is 0 Å². The van der Waals surface area contributed by atoms with Crippen molar-refractivity contribution in [3.05, 3.63) is 71.3 Å². The molecule has 0 aromatic heterocycles. The first-order valence-electron chi connectivity index (χ1n) is 7.51. The summed E-state index contributed by atoms with van der Waals surface area (Å²) in [5.74, 6) is 0.579. The van der Waals surface area contributed by atoms with Crippen LogP contribution < -0.4 is 0 Å². The van der Waals surface area contributed by atoms with Crippen LogP contribution in [-0.4, -0.2) is 0 Å². The van der Waals surface area contributed by atoms with Crippen LogP contribution >= 0.6 is 0 Å². The molecule has 1 fully saturated rings. The van der Waals surface area contributed by atoms with Gasteiger partial charge in [0.1, 0.15) is 0 Å². The van der Waals surface area contributed by atoms with Gasteiger partial charge in [-0.05, 0) is 41.0 Å². The van der Waals surface area contributed by atoms with Crippen molar-refractivity contribution in [2.24, 2.45) is 0 Å². The topological polar surface area (TPSA) is 0 Å². The summed E-state index contributed by atoms with van der Waals surface area (Å²) in [6.07, 6.45) is 4.53. The van der Waals surface area contributed by atoms with Gasteiger partial charge in [0.05, 0.1) is 0 Å². The molecular weight excluding hydrogens is 240 g/mol. The van der Waals surface area contributed by atoms with Gasteiger partial charge in [0.2, 0.25) is 0 Å². The van der Waals surface area contributed by atoms with Gasteiger partial charge in [0.15, 0.2) is 0 Å². The van der Waals surface area contributed by atoms with E-state index in [0.717, 1.165) is 12.8 Å². The minimum absolute atomic E-state index is 0.0294. The van der Waals surface area contributed by atoms with Crippen molar-refractivity contribution in [1.82, 2.24) is 0 Å². The van der Waals surface area contributed by atoms with Crippen LogP contribution in [0.3, 0.4) is 0 Å². The Morgan fingerprint density at radius 2 is 1.75 bits per heavy atom. The first kappa shape index (κ1) is 14.8. The Bertz CT molecular complexity index is 550. The Morgan fingerprint density at radius 1 is 1.15 bits per heavy atom. The molecule has 0 bridgehead atoms. The SMILES string of the molecule is C=C1CC/C1=C/C(=C)C(C)(C)c1ccc(C(C)C)cc1. The number of allylic oxidation sites excluding steroid dienone is 4. The van der Waals surface area contributed by atoms with Gasteiger partial charge in [-0.3, -0.25) is 0 Å². The molecule has 2 rings (SSSR count). The standard InChI is InChI=1S/C20H26/c1-14(2)17-9-11-19(12-10-17)20(5,6)16(4)13-18-8-7-15(18)3/h9-14H,3-4,7-8H2,1-2,5-6H3/b18-13-. The molecule has 1 aromatic carbocycles. The molecule has 1 aromatic rings. The molecule has 1 aliphatic rings. The summed E-state index contributed by atoms with van der Waals surface area (Å²) in [6.45, 7) is 17.3. The van der Waals surface area contributed by atoms with Gasteiger partial charge in [0, 0.05) is 5.41 Å². The number of hydrogen-bond donors (Lipinski definition) is 0. The van der Waals surface area contributed by atoms with Gasteiger partial charge in [0.25, 0.3) is 0 Å². The molecule has 0 N–H and O–H groups in total. The maximum Gasteiger partial charge on any atom is 0.0140 e. The van der Waals surface area contributed by atoms with E-state index in [-0.39, 0.29) is 5.41 Å². The second kappa shape index (κ2) is 5.44. The highest BCUT2D eigenvalue weighted by molar-refractivity contribution is 5.47. The fourth-order valence-corrected chi connectivity index (χ4v) is 2.48.